The number of ether oxygens (including phenoxy) is 2. The molecule has 0 radical (unpaired) electrons. The number of hydrogen-bond donors (Lipinski definition) is 0. The number of rotatable bonds is 8. The Morgan fingerprint density at radius 1 is 1.04 bits per heavy atom. The summed E-state index contributed by atoms with van der Waals surface area (Å²) in [7, 11) is 0. The van der Waals surface area contributed by atoms with E-state index in [1.165, 1.54) is 16.7 Å². The summed E-state index contributed by atoms with van der Waals surface area (Å²) in [6, 6.07) is 18.7. The van der Waals surface area contributed by atoms with Gasteiger partial charge in [-0.05, 0) is 63.3 Å². The Bertz CT molecular complexity index is 699. The first-order chi connectivity index (χ1) is 12.0. The first-order valence-corrected chi connectivity index (χ1v) is 9.12. The topological polar surface area (TPSA) is 21.8 Å². The van der Waals surface area contributed by atoms with Gasteiger partial charge in [-0.3, -0.25) is 0 Å². The molecule has 0 N–H and O–H groups in total. The highest BCUT2D eigenvalue weighted by Gasteiger charge is 2.46. The molecule has 1 atom stereocenters. The van der Waals surface area contributed by atoms with Crippen LogP contribution in [0.4, 0.5) is 0 Å². The van der Waals surface area contributed by atoms with E-state index in [1.807, 2.05) is 18.2 Å². The quantitative estimate of drug-likeness (QED) is 0.455. The van der Waals surface area contributed by atoms with Gasteiger partial charge in [-0.1, -0.05) is 54.1 Å². The molecular formula is C23H28O2. The summed E-state index contributed by atoms with van der Waals surface area (Å²) in [5, 5.41) is 0. The molecule has 0 spiro atoms. The van der Waals surface area contributed by atoms with Crippen LogP contribution in [0.25, 0.3) is 0 Å². The van der Waals surface area contributed by atoms with Gasteiger partial charge in [0.2, 0.25) is 0 Å². The maximum atomic E-state index is 5.83. The van der Waals surface area contributed by atoms with Crippen molar-refractivity contribution in [1.82, 2.24) is 0 Å². The molecule has 0 amide bonds. The number of benzene rings is 2. The van der Waals surface area contributed by atoms with Crippen molar-refractivity contribution in [3.8, 4) is 5.75 Å². The predicted molar refractivity (Wildman–Crippen MR) is 103 cm³/mol. The molecular weight excluding hydrogens is 308 g/mol. The standard InChI is InChI=1S/C23H28O2/c1-18(10-16-22-23(2,3)25-22)9-11-19-12-14-21(15-13-19)24-17-20-7-5-4-6-8-20/h4-9,12-15,22H,10-11,16-17H2,1-3H3/b18-9+. The fourth-order valence-electron chi connectivity index (χ4n) is 2.95. The maximum Gasteiger partial charge on any atom is 0.119 e. The predicted octanol–water partition coefficient (Wildman–Crippen LogP) is 5.71. The lowest BCUT2D eigenvalue weighted by atomic mass is 10.0. The fraction of sp³-hybridized carbons (Fsp3) is 0.391. The molecule has 3 rings (SSSR count). The van der Waals surface area contributed by atoms with Crippen LogP contribution in [0, 0.1) is 0 Å². The lowest BCUT2D eigenvalue weighted by Crippen LogP contribution is -2.02. The van der Waals surface area contributed by atoms with E-state index in [4.69, 9.17) is 9.47 Å². The van der Waals surface area contributed by atoms with Crippen LogP contribution in [0.2, 0.25) is 0 Å². The molecule has 2 nitrogen and oxygen atoms in total. The molecule has 0 aliphatic carbocycles. The van der Waals surface area contributed by atoms with Crippen molar-refractivity contribution in [3.05, 3.63) is 77.4 Å². The van der Waals surface area contributed by atoms with E-state index in [0.717, 1.165) is 25.0 Å². The molecule has 0 aromatic heterocycles. The SMILES string of the molecule is C/C(=C\Cc1ccc(OCc2ccccc2)cc1)CCC1OC1(C)C. The Labute approximate surface area is 151 Å². The third kappa shape index (κ3) is 5.47. The molecule has 2 aromatic rings. The summed E-state index contributed by atoms with van der Waals surface area (Å²) < 4.78 is 11.5. The Hall–Kier alpha value is -2.06. The highest BCUT2D eigenvalue weighted by atomic mass is 16.6. The van der Waals surface area contributed by atoms with Crippen molar-refractivity contribution < 1.29 is 9.47 Å². The monoisotopic (exact) mass is 336 g/mol. The molecule has 132 valence electrons. The first-order valence-electron chi connectivity index (χ1n) is 9.12. The lowest BCUT2D eigenvalue weighted by Gasteiger charge is -2.07. The minimum atomic E-state index is 0.107. The summed E-state index contributed by atoms with van der Waals surface area (Å²) in [5.74, 6) is 0.918. The van der Waals surface area contributed by atoms with Crippen LogP contribution >= 0.6 is 0 Å². The van der Waals surface area contributed by atoms with Gasteiger partial charge in [0.15, 0.2) is 0 Å². The third-order valence-corrected chi connectivity index (χ3v) is 4.82. The molecule has 1 fully saturated rings. The zero-order valence-corrected chi connectivity index (χ0v) is 15.5. The molecule has 1 saturated heterocycles. The van der Waals surface area contributed by atoms with Crippen LogP contribution in [-0.2, 0) is 17.8 Å². The second-order valence-corrected chi connectivity index (χ2v) is 7.42. The van der Waals surface area contributed by atoms with Crippen LogP contribution in [0.15, 0.2) is 66.2 Å². The van der Waals surface area contributed by atoms with Gasteiger partial charge in [-0.25, -0.2) is 0 Å². The van der Waals surface area contributed by atoms with E-state index in [1.54, 1.807) is 0 Å². The van der Waals surface area contributed by atoms with Crippen LogP contribution in [0.3, 0.4) is 0 Å². The molecule has 1 aliphatic heterocycles. The average Bonchev–Trinajstić information content (AvgIpc) is 3.25. The first kappa shape index (κ1) is 17.8. The molecule has 2 aromatic carbocycles. The van der Waals surface area contributed by atoms with Crippen LogP contribution in [-0.4, -0.2) is 11.7 Å². The smallest absolute Gasteiger partial charge is 0.119 e. The minimum Gasteiger partial charge on any atom is -0.489 e. The van der Waals surface area contributed by atoms with Gasteiger partial charge in [0.25, 0.3) is 0 Å². The average molecular weight is 336 g/mol. The van der Waals surface area contributed by atoms with E-state index in [2.05, 4.69) is 63.2 Å². The Kier molecular flexibility index (Phi) is 5.60. The van der Waals surface area contributed by atoms with Crippen molar-refractivity contribution in [2.75, 3.05) is 0 Å². The largest absolute Gasteiger partial charge is 0.489 e. The summed E-state index contributed by atoms with van der Waals surface area (Å²) in [4.78, 5) is 0. The lowest BCUT2D eigenvalue weighted by molar-refractivity contribution is 0.306. The van der Waals surface area contributed by atoms with Crippen molar-refractivity contribution in [3.63, 3.8) is 0 Å². The van der Waals surface area contributed by atoms with E-state index in [-0.39, 0.29) is 5.60 Å². The Morgan fingerprint density at radius 3 is 2.36 bits per heavy atom. The third-order valence-electron chi connectivity index (χ3n) is 4.82. The van der Waals surface area contributed by atoms with Crippen molar-refractivity contribution in [1.29, 1.82) is 0 Å². The van der Waals surface area contributed by atoms with E-state index in [9.17, 15) is 0 Å². The van der Waals surface area contributed by atoms with Gasteiger partial charge in [0, 0.05) is 0 Å². The molecule has 1 unspecified atom stereocenters. The normalized spacial score (nSPS) is 18.8. The molecule has 0 bridgehead atoms. The summed E-state index contributed by atoms with van der Waals surface area (Å²) in [6.07, 6.45) is 5.99. The zero-order chi connectivity index (χ0) is 17.7. The van der Waals surface area contributed by atoms with Gasteiger partial charge in [-0.2, -0.15) is 0 Å². The highest BCUT2D eigenvalue weighted by Crippen LogP contribution is 2.38. The molecule has 1 heterocycles. The molecule has 2 heteroatoms. The molecule has 0 saturated carbocycles. The van der Waals surface area contributed by atoms with Gasteiger partial charge >= 0.3 is 0 Å². The Morgan fingerprint density at radius 2 is 1.72 bits per heavy atom. The van der Waals surface area contributed by atoms with Crippen LogP contribution in [0.1, 0.15) is 44.7 Å². The van der Waals surface area contributed by atoms with Crippen molar-refractivity contribution in [2.24, 2.45) is 0 Å². The number of epoxide rings is 1. The van der Waals surface area contributed by atoms with Crippen LogP contribution in [0.5, 0.6) is 5.75 Å². The van der Waals surface area contributed by atoms with Crippen molar-refractivity contribution in [2.45, 2.75) is 58.3 Å². The van der Waals surface area contributed by atoms with Gasteiger partial charge in [0.1, 0.15) is 12.4 Å². The highest BCUT2D eigenvalue weighted by molar-refractivity contribution is 5.29. The summed E-state index contributed by atoms with van der Waals surface area (Å²) >= 11 is 0. The van der Waals surface area contributed by atoms with E-state index >= 15 is 0 Å². The van der Waals surface area contributed by atoms with E-state index in [0.29, 0.717) is 12.7 Å². The summed E-state index contributed by atoms with van der Waals surface area (Å²) in [5.41, 5.74) is 4.05. The molecule has 25 heavy (non-hydrogen) atoms. The van der Waals surface area contributed by atoms with Gasteiger partial charge < -0.3 is 9.47 Å². The van der Waals surface area contributed by atoms with E-state index < -0.39 is 0 Å². The van der Waals surface area contributed by atoms with Gasteiger partial charge in [0.05, 0.1) is 11.7 Å². The zero-order valence-electron chi connectivity index (χ0n) is 15.5. The Balaban J connectivity index is 1.43. The summed E-state index contributed by atoms with van der Waals surface area (Å²) in [6.45, 7) is 7.15. The number of allylic oxidation sites excluding steroid dienone is 2. The number of hydrogen-bond acceptors (Lipinski definition) is 2. The van der Waals surface area contributed by atoms with Crippen LogP contribution < -0.4 is 4.74 Å². The minimum absolute atomic E-state index is 0.107. The second kappa shape index (κ2) is 7.88. The van der Waals surface area contributed by atoms with Gasteiger partial charge in [-0.15, -0.1) is 0 Å². The molecule has 1 aliphatic rings. The van der Waals surface area contributed by atoms with Crippen molar-refractivity contribution >= 4 is 0 Å². The second-order valence-electron chi connectivity index (χ2n) is 7.42. The fourth-order valence-corrected chi connectivity index (χ4v) is 2.95. The maximum absolute atomic E-state index is 5.83.